The molecule has 1 aromatic carbocycles. The van der Waals surface area contributed by atoms with Crippen LogP contribution in [0.3, 0.4) is 0 Å². The van der Waals surface area contributed by atoms with E-state index in [1.54, 1.807) is 4.68 Å². The number of anilines is 2. The monoisotopic (exact) mass is 272 g/mol. The number of rotatable bonds is 3. The van der Waals surface area contributed by atoms with Gasteiger partial charge >= 0.3 is 6.03 Å². The van der Waals surface area contributed by atoms with Gasteiger partial charge in [-0.1, -0.05) is 12.1 Å². The zero-order valence-corrected chi connectivity index (χ0v) is 12.3. The fourth-order valence-corrected chi connectivity index (χ4v) is 2.03. The number of carbonyl (C=O) groups is 1. The van der Waals surface area contributed by atoms with E-state index in [2.05, 4.69) is 15.7 Å². The van der Waals surface area contributed by atoms with Crippen LogP contribution in [0.2, 0.25) is 0 Å². The molecule has 2 N–H and O–H groups in total. The van der Waals surface area contributed by atoms with E-state index in [1.807, 2.05) is 52.0 Å². The molecule has 0 aliphatic rings. The molecule has 0 atom stereocenters. The highest BCUT2D eigenvalue weighted by Gasteiger charge is 2.09. The Bertz CT molecular complexity index is 631. The number of hydrogen-bond acceptors (Lipinski definition) is 2. The summed E-state index contributed by atoms with van der Waals surface area (Å²) in [6.07, 6.45) is 0. The van der Waals surface area contributed by atoms with Gasteiger partial charge in [-0.05, 0) is 44.9 Å². The topological polar surface area (TPSA) is 59.0 Å². The van der Waals surface area contributed by atoms with Gasteiger partial charge in [0.05, 0.1) is 5.69 Å². The summed E-state index contributed by atoms with van der Waals surface area (Å²) in [5.41, 5.74) is 3.85. The molecule has 2 rings (SSSR count). The van der Waals surface area contributed by atoms with Crippen LogP contribution in [0.25, 0.3) is 0 Å². The van der Waals surface area contributed by atoms with Crippen LogP contribution in [0.4, 0.5) is 16.3 Å². The average molecular weight is 272 g/mol. The normalized spacial score (nSPS) is 10.4. The summed E-state index contributed by atoms with van der Waals surface area (Å²) in [7, 11) is 0. The van der Waals surface area contributed by atoms with Gasteiger partial charge in [0, 0.05) is 18.3 Å². The molecule has 0 saturated heterocycles. The zero-order chi connectivity index (χ0) is 14.7. The summed E-state index contributed by atoms with van der Waals surface area (Å²) >= 11 is 0. The van der Waals surface area contributed by atoms with Gasteiger partial charge in [0.2, 0.25) is 0 Å². The van der Waals surface area contributed by atoms with Crippen molar-refractivity contribution in [2.75, 3.05) is 10.6 Å². The summed E-state index contributed by atoms with van der Waals surface area (Å²) in [6.45, 7) is 8.57. The maximum Gasteiger partial charge on any atom is 0.324 e. The number of hydrogen-bond donors (Lipinski definition) is 2. The fraction of sp³-hybridized carbons (Fsp3) is 0.333. The molecule has 5 nitrogen and oxygen atoms in total. The fourth-order valence-electron chi connectivity index (χ4n) is 2.03. The highest BCUT2D eigenvalue weighted by Crippen LogP contribution is 2.17. The third kappa shape index (κ3) is 3.17. The number of amides is 2. The number of carbonyl (C=O) groups excluding carboxylic acids is 1. The Balaban J connectivity index is 2.10. The first kappa shape index (κ1) is 14.1. The van der Waals surface area contributed by atoms with E-state index in [1.165, 1.54) is 0 Å². The first-order valence-corrected chi connectivity index (χ1v) is 6.69. The Hall–Kier alpha value is -2.30. The molecule has 1 aromatic heterocycles. The van der Waals surface area contributed by atoms with Crippen LogP contribution in [0.5, 0.6) is 0 Å². The SMILES string of the molecule is CCn1nc(C)cc1NC(=O)Nc1cc(C)ccc1C. The number of nitrogens with one attached hydrogen (secondary N) is 2. The molecule has 0 aliphatic carbocycles. The Kier molecular flexibility index (Phi) is 4.08. The quantitative estimate of drug-likeness (QED) is 0.898. The molecule has 0 fully saturated rings. The molecule has 2 amide bonds. The lowest BCUT2D eigenvalue weighted by Gasteiger charge is -2.11. The van der Waals surface area contributed by atoms with Crippen LogP contribution < -0.4 is 10.6 Å². The molecule has 0 spiro atoms. The van der Waals surface area contributed by atoms with Crippen LogP contribution in [0.15, 0.2) is 24.3 Å². The summed E-state index contributed by atoms with van der Waals surface area (Å²) in [5.74, 6) is 0.702. The van der Waals surface area contributed by atoms with Gasteiger partial charge in [0.1, 0.15) is 5.82 Å². The van der Waals surface area contributed by atoms with E-state index in [0.29, 0.717) is 12.4 Å². The molecule has 106 valence electrons. The molecule has 5 heteroatoms. The van der Waals surface area contributed by atoms with Crippen LogP contribution in [0.1, 0.15) is 23.7 Å². The molecular formula is C15H20N4O. The molecular weight excluding hydrogens is 252 g/mol. The summed E-state index contributed by atoms with van der Waals surface area (Å²) < 4.78 is 1.76. The van der Waals surface area contributed by atoms with Crippen molar-refractivity contribution in [1.29, 1.82) is 0 Å². The van der Waals surface area contributed by atoms with Crippen molar-refractivity contribution in [2.45, 2.75) is 34.2 Å². The molecule has 0 aliphatic heterocycles. The van der Waals surface area contributed by atoms with Gasteiger partial charge in [0.15, 0.2) is 0 Å². The van der Waals surface area contributed by atoms with E-state index in [0.717, 1.165) is 22.5 Å². The number of aryl methyl sites for hydroxylation is 4. The van der Waals surface area contributed by atoms with E-state index in [9.17, 15) is 4.79 Å². The second-order valence-electron chi connectivity index (χ2n) is 4.88. The average Bonchev–Trinajstić information content (AvgIpc) is 2.74. The van der Waals surface area contributed by atoms with Crippen molar-refractivity contribution in [3.8, 4) is 0 Å². The second kappa shape index (κ2) is 5.77. The van der Waals surface area contributed by atoms with Gasteiger partial charge < -0.3 is 5.32 Å². The van der Waals surface area contributed by atoms with Crippen LogP contribution in [-0.4, -0.2) is 15.8 Å². The van der Waals surface area contributed by atoms with Crippen LogP contribution >= 0.6 is 0 Å². The summed E-state index contributed by atoms with van der Waals surface area (Å²) in [4.78, 5) is 12.1. The number of benzene rings is 1. The zero-order valence-electron chi connectivity index (χ0n) is 12.3. The van der Waals surface area contributed by atoms with Crippen molar-refractivity contribution in [3.05, 3.63) is 41.1 Å². The Morgan fingerprint density at radius 2 is 1.95 bits per heavy atom. The minimum absolute atomic E-state index is 0.256. The van der Waals surface area contributed by atoms with Crippen LogP contribution in [0, 0.1) is 20.8 Å². The van der Waals surface area contributed by atoms with E-state index in [-0.39, 0.29) is 6.03 Å². The Labute approximate surface area is 119 Å². The first-order chi connectivity index (χ1) is 9.49. The first-order valence-electron chi connectivity index (χ1n) is 6.69. The number of nitrogens with zero attached hydrogens (tertiary/aromatic N) is 2. The second-order valence-corrected chi connectivity index (χ2v) is 4.88. The van der Waals surface area contributed by atoms with Gasteiger partial charge in [-0.3, -0.25) is 5.32 Å². The highest BCUT2D eigenvalue weighted by molar-refractivity contribution is 5.99. The molecule has 0 bridgehead atoms. The summed E-state index contributed by atoms with van der Waals surface area (Å²) in [6, 6.07) is 7.57. The predicted molar refractivity (Wildman–Crippen MR) is 81.2 cm³/mol. The van der Waals surface area contributed by atoms with Gasteiger partial charge in [-0.25, -0.2) is 9.48 Å². The Morgan fingerprint density at radius 1 is 1.20 bits per heavy atom. The molecule has 0 unspecified atom stereocenters. The maximum atomic E-state index is 12.1. The van der Waals surface area contributed by atoms with Crippen molar-refractivity contribution >= 4 is 17.5 Å². The molecule has 1 heterocycles. The maximum absolute atomic E-state index is 12.1. The van der Waals surface area contributed by atoms with E-state index in [4.69, 9.17) is 0 Å². The van der Waals surface area contributed by atoms with E-state index >= 15 is 0 Å². The lowest BCUT2D eigenvalue weighted by atomic mass is 10.1. The van der Waals surface area contributed by atoms with Gasteiger partial charge in [-0.15, -0.1) is 0 Å². The minimum atomic E-state index is -0.256. The standard InChI is InChI=1S/C15H20N4O/c1-5-19-14(9-12(4)18-19)17-15(20)16-13-8-10(2)6-7-11(13)3/h6-9H,5H2,1-4H3,(H2,16,17,20). The van der Waals surface area contributed by atoms with Crippen molar-refractivity contribution in [2.24, 2.45) is 0 Å². The van der Waals surface area contributed by atoms with Gasteiger partial charge in [0.25, 0.3) is 0 Å². The third-order valence-electron chi connectivity index (χ3n) is 3.08. The molecule has 0 radical (unpaired) electrons. The largest absolute Gasteiger partial charge is 0.324 e. The third-order valence-corrected chi connectivity index (χ3v) is 3.08. The van der Waals surface area contributed by atoms with Gasteiger partial charge in [-0.2, -0.15) is 5.10 Å². The minimum Gasteiger partial charge on any atom is -0.307 e. The molecule has 20 heavy (non-hydrogen) atoms. The lowest BCUT2D eigenvalue weighted by molar-refractivity contribution is 0.262. The predicted octanol–water partition coefficient (Wildman–Crippen LogP) is 3.47. The molecule has 0 saturated carbocycles. The summed E-state index contributed by atoms with van der Waals surface area (Å²) in [5, 5.41) is 9.99. The van der Waals surface area contributed by atoms with E-state index < -0.39 is 0 Å². The van der Waals surface area contributed by atoms with Crippen molar-refractivity contribution in [3.63, 3.8) is 0 Å². The smallest absolute Gasteiger partial charge is 0.307 e. The van der Waals surface area contributed by atoms with Crippen LogP contribution in [-0.2, 0) is 6.54 Å². The Morgan fingerprint density at radius 3 is 2.65 bits per heavy atom. The van der Waals surface area contributed by atoms with Crippen molar-refractivity contribution in [1.82, 2.24) is 9.78 Å². The van der Waals surface area contributed by atoms with Crippen molar-refractivity contribution < 1.29 is 4.79 Å². The molecule has 2 aromatic rings. The number of urea groups is 1. The number of aromatic nitrogens is 2. The lowest BCUT2D eigenvalue weighted by Crippen LogP contribution is -2.22. The highest BCUT2D eigenvalue weighted by atomic mass is 16.2.